The van der Waals surface area contributed by atoms with E-state index < -0.39 is 10.0 Å². The first kappa shape index (κ1) is 16.2. The molecule has 1 aliphatic heterocycles. The van der Waals surface area contributed by atoms with Crippen molar-refractivity contribution in [2.24, 2.45) is 5.84 Å². The fourth-order valence-electron chi connectivity index (χ4n) is 2.77. The van der Waals surface area contributed by atoms with Crippen molar-refractivity contribution < 1.29 is 8.42 Å². The lowest BCUT2D eigenvalue weighted by Crippen LogP contribution is -2.38. The van der Waals surface area contributed by atoms with E-state index in [-0.39, 0.29) is 4.90 Å². The normalized spacial score (nSPS) is 20.1. The highest BCUT2D eigenvalue weighted by molar-refractivity contribution is 7.89. The predicted molar refractivity (Wildman–Crippen MR) is 82.1 cm³/mol. The zero-order valence-corrected chi connectivity index (χ0v) is 13.3. The molecule has 1 unspecified atom stereocenters. The zero-order chi connectivity index (χ0) is 15.5. The number of hydrogen-bond donors (Lipinski definition) is 2. The van der Waals surface area contributed by atoms with Crippen LogP contribution in [0.1, 0.15) is 20.3 Å². The molecule has 1 fully saturated rings. The first-order chi connectivity index (χ1) is 10.0. The number of sulfonamides is 1. The van der Waals surface area contributed by atoms with Crippen molar-refractivity contribution in [3.63, 3.8) is 0 Å². The third-order valence-electron chi connectivity index (χ3n) is 3.97. The topological polar surface area (TPSA) is 91.6 Å². The van der Waals surface area contributed by atoms with Crippen molar-refractivity contribution in [1.82, 2.24) is 14.2 Å². The number of nitrogens with one attached hydrogen (secondary N) is 1. The molecule has 1 atom stereocenters. The smallest absolute Gasteiger partial charge is 0.243 e. The maximum Gasteiger partial charge on any atom is 0.243 e. The van der Waals surface area contributed by atoms with Crippen LogP contribution >= 0.6 is 0 Å². The Bertz CT molecular complexity index is 574. The Morgan fingerprint density at radius 2 is 2.19 bits per heavy atom. The number of anilines is 1. The van der Waals surface area contributed by atoms with Crippen LogP contribution in [0.25, 0.3) is 0 Å². The van der Waals surface area contributed by atoms with Gasteiger partial charge < -0.3 is 5.43 Å². The summed E-state index contributed by atoms with van der Waals surface area (Å²) in [7, 11) is -3.48. The summed E-state index contributed by atoms with van der Waals surface area (Å²) < 4.78 is 26.9. The summed E-state index contributed by atoms with van der Waals surface area (Å²) in [6.45, 7) is 7.16. The van der Waals surface area contributed by atoms with Gasteiger partial charge in [-0.2, -0.15) is 4.31 Å². The standard InChI is InChI=1S/C13H23N5O2S/c1-3-17(4-2)11-6-8-18(10-11)21(19,20)12-5-7-15-13(9-12)16-14/h5,7,9,11H,3-4,6,8,10,14H2,1-2H3,(H,15,16). The summed E-state index contributed by atoms with van der Waals surface area (Å²) in [5, 5.41) is 0. The molecule has 2 heterocycles. The first-order valence-corrected chi connectivity index (χ1v) is 8.63. The summed E-state index contributed by atoms with van der Waals surface area (Å²) >= 11 is 0. The van der Waals surface area contributed by atoms with Gasteiger partial charge in [-0.15, -0.1) is 0 Å². The van der Waals surface area contributed by atoms with Crippen LogP contribution in [0.5, 0.6) is 0 Å². The highest BCUT2D eigenvalue weighted by Gasteiger charge is 2.34. The molecule has 2 rings (SSSR count). The maximum atomic E-state index is 12.7. The van der Waals surface area contributed by atoms with Gasteiger partial charge in [0.1, 0.15) is 5.82 Å². The van der Waals surface area contributed by atoms with Crippen LogP contribution in [0.2, 0.25) is 0 Å². The van der Waals surface area contributed by atoms with E-state index in [1.54, 1.807) is 4.31 Å². The van der Waals surface area contributed by atoms with Crippen LogP contribution in [0.3, 0.4) is 0 Å². The van der Waals surface area contributed by atoms with E-state index in [0.29, 0.717) is 24.9 Å². The lowest BCUT2D eigenvalue weighted by molar-refractivity contribution is 0.224. The second-order valence-corrected chi connectivity index (χ2v) is 6.99. The molecule has 0 saturated carbocycles. The zero-order valence-electron chi connectivity index (χ0n) is 12.5. The van der Waals surface area contributed by atoms with Gasteiger partial charge in [0.05, 0.1) is 4.90 Å². The lowest BCUT2D eigenvalue weighted by Gasteiger charge is -2.26. The Kier molecular flexibility index (Phi) is 5.15. The van der Waals surface area contributed by atoms with Crippen LogP contribution in [0.4, 0.5) is 5.82 Å². The van der Waals surface area contributed by atoms with E-state index in [0.717, 1.165) is 19.5 Å². The molecule has 0 amide bonds. The average molecular weight is 313 g/mol. The van der Waals surface area contributed by atoms with Crippen molar-refractivity contribution in [2.45, 2.75) is 31.2 Å². The number of nitrogens with zero attached hydrogens (tertiary/aromatic N) is 3. The van der Waals surface area contributed by atoms with Crippen LogP contribution in [-0.2, 0) is 10.0 Å². The number of aromatic nitrogens is 1. The number of rotatable bonds is 6. The molecule has 1 aliphatic rings. The number of hydrogen-bond acceptors (Lipinski definition) is 6. The summed E-state index contributed by atoms with van der Waals surface area (Å²) in [5.41, 5.74) is 2.37. The Morgan fingerprint density at radius 3 is 2.81 bits per heavy atom. The van der Waals surface area contributed by atoms with Gasteiger partial charge in [-0.3, -0.25) is 4.90 Å². The predicted octanol–water partition coefficient (Wildman–Crippen LogP) is 0.472. The van der Waals surface area contributed by atoms with Gasteiger partial charge in [0, 0.05) is 31.4 Å². The number of likely N-dealkylation sites (N-methyl/N-ethyl adjacent to an activating group) is 1. The van der Waals surface area contributed by atoms with Crippen molar-refractivity contribution >= 4 is 15.8 Å². The number of pyridine rings is 1. The number of nitrogen functional groups attached to an aromatic ring is 1. The molecule has 21 heavy (non-hydrogen) atoms. The minimum absolute atomic E-state index is 0.227. The Balaban J connectivity index is 2.17. The number of nitrogens with two attached hydrogens (primary N) is 1. The fraction of sp³-hybridized carbons (Fsp3) is 0.615. The van der Waals surface area contributed by atoms with Gasteiger partial charge >= 0.3 is 0 Å². The third kappa shape index (κ3) is 3.34. The quantitative estimate of drug-likeness (QED) is 0.586. The van der Waals surface area contributed by atoms with Crippen LogP contribution in [-0.4, -0.2) is 54.8 Å². The summed E-state index contributed by atoms with van der Waals surface area (Å²) in [6, 6.07) is 3.25. The SMILES string of the molecule is CCN(CC)C1CCN(S(=O)(=O)c2ccnc(NN)c2)C1. The van der Waals surface area contributed by atoms with Gasteiger partial charge in [-0.25, -0.2) is 19.2 Å². The Labute approximate surface area is 126 Å². The molecule has 1 aromatic heterocycles. The minimum atomic E-state index is -3.48. The van der Waals surface area contributed by atoms with Crippen LogP contribution in [0.15, 0.2) is 23.2 Å². The molecule has 1 saturated heterocycles. The van der Waals surface area contributed by atoms with Gasteiger partial charge in [0.2, 0.25) is 10.0 Å². The molecule has 0 bridgehead atoms. The summed E-state index contributed by atoms with van der Waals surface area (Å²) in [6.07, 6.45) is 2.31. The Hall–Kier alpha value is -1.22. The molecule has 8 heteroatoms. The first-order valence-electron chi connectivity index (χ1n) is 7.19. The van der Waals surface area contributed by atoms with Gasteiger partial charge in [0.15, 0.2) is 0 Å². The Morgan fingerprint density at radius 1 is 1.48 bits per heavy atom. The van der Waals surface area contributed by atoms with Gasteiger partial charge in [0.25, 0.3) is 0 Å². The monoisotopic (exact) mass is 313 g/mol. The molecule has 118 valence electrons. The number of hydrazine groups is 1. The van der Waals surface area contributed by atoms with Crippen molar-refractivity contribution in [1.29, 1.82) is 0 Å². The molecule has 0 aromatic carbocycles. The van der Waals surface area contributed by atoms with Gasteiger partial charge in [-0.1, -0.05) is 13.8 Å². The summed E-state index contributed by atoms with van der Waals surface area (Å²) in [4.78, 5) is 6.47. The maximum absolute atomic E-state index is 12.7. The van der Waals surface area contributed by atoms with E-state index in [4.69, 9.17) is 5.84 Å². The van der Waals surface area contributed by atoms with Crippen LogP contribution < -0.4 is 11.3 Å². The average Bonchev–Trinajstić information content (AvgIpc) is 2.99. The van der Waals surface area contributed by atoms with E-state index in [1.807, 2.05) is 0 Å². The van der Waals surface area contributed by atoms with E-state index in [2.05, 4.69) is 29.2 Å². The van der Waals surface area contributed by atoms with Crippen LogP contribution in [0, 0.1) is 0 Å². The van der Waals surface area contributed by atoms with E-state index in [9.17, 15) is 8.42 Å². The molecule has 1 aromatic rings. The molecular formula is C13H23N5O2S. The highest BCUT2D eigenvalue weighted by atomic mass is 32.2. The third-order valence-corrected chi connectivity index (χ3v) is 5.83. The van der Waals surface area contributed by atoms with E-state index >= 15 is 0 Å². The fourth-order valence-corrected chi connectivity index (χ4v) is 4.27. The lowest BCUT2D eigenvalue weighted by atomic mass is 10.2. The largest absolute Gasteiger partial charge is 0.308 e. The van der Waals surface area contributed by atoms with E-state index in [1.165, 1.54) is 18.3 Å². The van der Waals surface area contributed by atoms with Crippen molar-refractivity contribution in [3.8, 4) is 0 Å². The molecule has 7 nitrogen and oxygen atoms in total. The molecule has 0 spiro atoms. The van der Waals surface area contributed by atoms with Gasteiger partial charge in [-0.05, 0) is 25.6 Å². The second kappa shape index (κ2) is 6.69. The minimum Gasteiger partial charge on any atom is -0.308 e. The highest BCUT2D eigenvalue weighted by Crippen LogP contribution is 2.24. The van der Waals surface area contributed by atoms with Crippen molar-refractivity contribution in [3.05, 3.63) is 18.3 Å². The molecular weight excluding hydrogens is 290 g/mol. The molecule has 0 aliphatic carbocycles. The molecule has 3 N–H and O–H groups in total. The second-order valence-electron chi connectivity index (χ2n) is 5.05. The molecule has 0 radical (unpaired) electrons. The summed E-state index contributed by atoms with van der Waals surface area (Å²) in [5.74, 6) is 5.63. The van der Waals surface area contributed by atoms with Crippen molar-refractivity contribution in [2.75, 3.05) is 31.6 Å².